The molecule has 10 nitrogen and oxygen atoms in total. The van der Waals surface area contributed by atoms with Crippen LogP contribution in [0, 0.1) is 0 Å². The van der Waals surface area contributed by atoms with E-state index in [9.17, 15) is 18.3 Å². The fraction of sp³-hybridized carbons (Fsp3) is 0.188. The average Bonchev–Trinajstić information content (AvgIpc) is 3.35. The predicted octanol–water partition coefficient (Wildman–Crippen LogP) is 1.58. The minimum Gasteiger partial charge on any atom is -0.508 e. The van der Waals surface area contributed by atoms with Crippen LogP contribution >= 0.6 is 27.3 Å². The number of thiophene rings is 1. The lowest BCUT2D eigenvalue weighted by Crippen LogP contribution is -2.32. The number of hydrogen-bond donors (Lipinski definition) is 4. The molecular formula is C16H16BrN5O5S2. The summed E-state index contributed by atoms with van der Waals surface area (Å²) < 4.78 is 29.0. The summed E-state index contributed by atoms with van der Waals surface area (Å²) in [5, 5.41) is 27.8. The van der Waals surface area contributed by atoms with E-state index in [1.54, 1.807) is 29.1 Å². The number of amides is 1. The number of phenols is 1. The summed E-state index contributed by atoms with van der Waals surface area (Å²) in [6.45, 7) is -0.126. The number of nitrogens with zero attached hydrogens (tertiary/aromatic N) is 3. The zero-order valence-corrected chi connectivity index (χ0v) is 17.9. The molecule has 0 aliphatic rings. The van der Waals surface area contributed by atoms with Crippen LogP contribution in [0.25, 0.3) is 0 Å². The van der Waals surface area contributed by atoms with E-state index < -0.39 is 22.0 Å². The third-order valence-corrected chi connectivity index (χ3v) is 8.00. The molecule has 2 aromatic heterocycles. The van der Waals surface area contributed by atoms with Crippen molar-refractivity contribution >= 4 is 43.2 Å². The van der Waals surface area contributed by atoms with Gasteiger partial charge >= 0.3 is 0 Å². The van der Waals surface area contributed by atoms with Crippen molar-refractivity contribution < 1.29 is 23.5 Å². The number of aromatic nitrogens is 3. The second-order valence-electron chi connectivity index (χ2n) is 5.93. The van der Waals surface area contributed by atoms with Gasteiger partial charge in [0.1, 0.15) is 16.0 Å². The van der Waals surface area contributed by atoms with Crippen LogP contribution in [0.4, 0.5) is 0 Å². The Kier molecular flexibility index (Phi) is 6.64. The van der Waals surface area contributed by atoms with Gasteiger partial charge in [0, 0.05) is 10.9 Å². The molecule has 0 fully saturated rings. The van der Waals surface area contributed by atoms with E-state index in [-0.39, 0.29) is 22.9 Å². The molecule has 3 rings (SSSR count). The second-order valence-corrected chi connectivity index (χ2v) is 9.67. The largest absolute Gasteiger partial charge is 0.508 e. The number of benzene rings is 1. The van der Waals surface area contributed by atoms with Crippen molar-refractivity contribution in [2.24, 2.45) is 0 Å². The van der Waals surface area contributed by atoms with Gasteiger partial charge in [-0.3, -0.25) is 10.0 Å². The standard InChI is InChI=1S/C16H16BrN5O5S2/c17-13-5-6-28-16(13)29(26,27)18-8-11-9-22(21-19-11)14(15(24)20-25)7-10-1-3-12(23)4-2-10/h1-6,9,14,18,23,25H,7-8H2,(H,20,24). The average molecular weight is 502 g/mol. The highest BCUT2D eigenvalue weighted by molar-refractivity contribution is 9.10. The highest BCUT2D eigenvalue weighted by Gasteiger charge is 2.24. The molecule has 29 heavy (non-hydrogen) atoms. The molecule has 3 aromatic rings. The molecule has 0 spiro atoms. The van der Waals surface area contributed by atoms with Crippen LogP contribution in [0.15, 0.2) is 50.6 Å². The first-order chi connectivity index (χ1) is 13.8. The monoisotopic (exact) mass is 501 g/mol. The topological polar surface area (TPSA) is 146 Å². The van der Waals surface area contributed by atoms with Gasteiger partial charge in [-0.25, -0.2) is 23.3 Å². The summed E-state index contributed by atoms with van der Waals surface area (Å²) in [4.78, 5) is 12.1. The Morgan fingerprint density at radius 3 is 2.62 bits per heavy atom. The van der Waals surface area contributed by atoms with Gasteiger partial charge in [-0.15, -0.1) is 16.4 Å². The zero-order valence-electron chi connectivity index (χ0n) is 14.7. The summed E-state index contributed by atoms with van der Waals surface area (Å²) in [5.41, 5.74) is 2.61. The summed E-state index contributed by atoms with van der Waals surface area (Å²) in [5.74, 6) is -0.623. The third kappa shape index (κ3) is 5.19. The van der Waals surface area contributed by atoms with Crippen LogP contribution < -0.4 is 10.2 Å². The molecule has 1 aromatic carbocycles. The molecular weight excluding hydrogens is 486 g/mol. The number of hydrogen-bond acceptors (Lipinski definition) is 8. The molecule has 0 aliphatic heterocycles. The Morgan fingerprint density at radius 2 is 2.00 bits per heavy atom. The fourth-order valence-corrected chi connectivity index (χ4v) is 5.87. The van der Waals surface area contributed by atoms with E-state index >= 15 is 0 Å². The molecule has 0 saturated heterocycles. The van der Waals surface area contributed by atoms with E-state index in [4.69, 9.17) is 5.21 Å². The highest BCUT2D eigenvalue weighted by atomic mass is 79.9. The van der Waals surface area contributed by atoms with Crippen molar-refractivity contribution in [3.63, 3.8) is 0 Å². The Morgan fingerprint density at radius 1 is 1.28 bits per heavy atom. The second kappa shape index (κ2) is 9.00. The molecule has 4 N–H and O–H groups in total. The van der Waals surface area contributed by atoms with Gasteiger partial charge in [-0.2, -0.15) is 0 Å². The van der Waals surface area contributed by atoms with Gasteiger partial charge in [0.2, 0.25) is 0 Å². The van der Waals surface area contributed by atoms with Crippen molar-refractivity contribution in [1.82, 2.24) is 25.2 Å². The first-order valence-corrected chi connectivity index (χ1v) is 11.3. The minimum absolute atomic E-state index is 0.0876. The van der Waals surface area contributed by atoms with Crippen LogP contribution in [-0.2, 0) is 27.8 Å². The number of rotatable bonds is 8. The Labute approximate surface area is 178 Å². The summed E-state index contributed by atoms with van der Waals surface area (Å²) in [7, 11) is -3.73. The Hall–Kier alpha value is -2.32. The van der Waals surface area contributed by atoms with E-state index in [2.05, 4.69) is 31.0 Å². The number of carbonyl (C=O) groups excluding carboxylic acids is 1. The van der Waals surface area contributed by atoms with Crippen molar-refractivity contribution in [3.8, 4) is 5.75 Å². The van der Waals surface area contributed by atoms with Crippen molar-refractivity contribution in [3.05, 3.63) is 57.6 Å². The SMILES string of the molecule is O=C(NO)C(Cc1ccc(O)cc1)n1cc(CNS(=O)(=O)c2sccc2Br)nn1. The maximum Gasteiger partial charge on any atom is 0.268 e. The van der Waals surface area contributed by atoms with Crippen molar-refractivity contribution in [1.29, 1.82) is 0 Å². The fourth-order valence-electron chi connectivity index (χ4n) is 2.49. The van der Waals surface area contributed by atoms with Gasteiger partial charge in [0.15, 0.2) is 0 Å². The molecule has 0 radical (unpaired) electrons. The molecule has 13 heteroatoms. The minimum atomic E-state index is -3.73. The number of sulfonamides is 1. The smallest absolute Gasteiger partial charge is 0.268 e. The molecule has 1 amide bonds. The first-order valence-electron chi connectivity index (χ1n) is 8.15. The quantitative estimate of drug-likeness (QED) is 0.270. The summed E-state index contributed by atoms with van der Waals surface area (Å²) in [6.07, 6.45) is 1.59. The van der Waals surface area contributed by atoms with Gasteiger partial charge < -0.3 is 5.11 Å². The molecule has 0 bridgehead atoms. The summed E-state index contributed by atoms with van der Waals surface area (Å²) >= 11 is 4.26. The van der Waals surface area contributed by atoms with Crippen LogP contribution in [-0.4, -0.2) is 39.6 Å². The van der Waals surface area contributed by atoms with Crippen LogP contribution in [0.3, 0.4) is 0 Å². The Balaban J connectivity index is 1.74. The lowest BCUT2D eigenvalue weighted by molar-refractivity contribution is -0.133. The molecule has 2 heterocycles. The number of phenolic OH excluding ortho intramolecular Hbond substituents is 1. The normalized spacial score (nSPS) is 12.6. The van der Waals surface area contributed by atoms with E-state index in [1.165, 1.54) is 23.0 Å². The van der Waals surface area contributed by atoms with Gasteiger partial charge in [0.25, 0.3) is 15.9 Å². The van der Waals surface area contributed by atoms with E-state index in [1.807, 2.05) is 0 Å². The van der Waals surface area contributed by atoms with Crippen molar-refractivity contribution in [2.45, 2.75) is 23.2 Å². The van der Waals surface area contributed by atoms with Crippen LogP contribution in [0.2, 0.25) is 0 Å². The third-order valence-electron chi connectivity index (χ3n) is 3.93. The van der Waals surface area contributed by atoms with Gasteiger partial charge in [-0.05, 0) is 45.1 Å². The lowest BCUT2D eigenvalue weighted by atomic mass is 10.1. The van der Waals surface area contributed by atoms with Gasteiger partial charge in [-0.1, -0.05) is 17.3 Å². The number of carbonyl (C=O) groups is 1. The van der Waals surface area contributed by atoms with Crippen molar-refractivity contribution in [2.75, 3.05) is 0 Å². The van der Waals surface area contributed by atoms with E-state index in [0.29, 0.717) is 10.2 Å². The number of nitrogens with one attached hydrogen (secondary N) is 2. The molecule has 0 aliphatic carbocycles. The predicted molar refractivity (Wildman–Crippen MR) is 107 cm³/mol. The maximum atomic E-state index is 12.3. The van der Waals surface area contributed by atoms with Crippen LogP contribution in [0.1, 0.15) is 17.3 Å². The first kappa shape index (κ1) is 21.4. The highest BCUT2D eigenvalue weighted by Crippen LogP contribution is 2.27. The van der Waals surface area contributed by atoms with E-state index in [0.717, 1.165) is 16.9 Å². The van der Waals surface area contributed by atoms with Gasteiger partial charge in [0.05, 0.1) is 18.4 Å². The molecule has 1 unspecified atom stereocenters. The maximum absolute atomic E-state index is 12.3. The molecule has 0 saturated carbocycles. The zero-order chi connectivity index (χ0) is 21.0. The number of aromatic hydroxyl groups is 1. The molecule has 1 atom stereocenters. The number of hydroxylamine groups is 1. The lowest BCUT2D eigenvalue weighted by Gasteiger charge is -2.14. The Bertz CT molecular complexity index is 1100. The van der Waals surface area contributed by atoms with Crippen LogP contribution in [0.5, 0.6) is 5.75 Å². The number of halogens is 1. The molecule has 154 valence electrons. The summed E-state index contributed by atoms with van der Waals surface area (Å²) in [6, 6.07) is 6.95.